The monoisotopic (exact) mass is 497 g/mol. The number of aryl methyl sites for hydroxylation is 2. The number of benzene rings is 3. The number of rotatable bonds is 6. The number of anilines is 2. The molecule has 0 fully saturated rings. The van der Waals surface area contributed by atoms with Gasteiger partial charge in [0.15, 0.2) is 11.5 Å². The van der Waals surface area contributed by atoms with Gasteiger partial charge in [-0.15, -0.1) is 0 Å². The van der Waals surface area contributed by atoms with Crippen molar-refractivity contribution in [1.82, 2.24) is 5.32 Å². The molecule has 3 aromatic rings. The van der Waals surface area contributed by atoms with E-state index < -0.39 is 5.92 Å². The molecule has 4 rings (SSSR count). The Bertz CT molecular complexity index is 1360. The second-order valence-electron chi connectivity index (χ2n) is 9.10. The zero-order valence-electron chi connectivity index (χ0n) is 21.6. The molecule has 7 heteroatoms. The van der Waals surface area contributed by atoms with E-state index in [1.807, 2.05) is 76.2 Å². The maximum absolute atomic E-state index is 13.8. The summed E-state index contributed by atoms with van der Waals surface area (Å²) in [5.74, 6) is -1.15. The molecule has 1 aliphatic heterocycles. The predicted molar refractivity (Wildman–Crippen MR) is 146 cm³/mol. The van der Waals surface area contributed by atoms with Crippen LogP contribution < -0.4 is 20.7 Å². The molecule has 0 radical (unpaired) electrons. The summed E-state index contributed by atoms with van der Waals surface area (Å²) in [6, 6.07) is 19.9. The third-order valence-electron chi connectivity index (χ3n) is 6.57. The first kappa shape index (κ1) is 25.6. The summed E-state index contributed by atoms with van der Waals surface area (Å²) in [6.07, 6.45) is 0. The number of hydrogen-bond acceptors (Lipinski definition) is 5. The van der Waals surface area contributed by atoms with Crippen LogP contribution in [0.5, 0.6) is 11.5 Å². The smallest absolute Gasteiger partial charge is 0.254 e. The van der Waals surface area contributed by atoms with Crippen molar-refractivity contribution in [3.8, 4) is 11.5 Å². The zero-order valence-corrected chi connectivity index (χ0v) is 21.6. The summed E-state index contributed by atoms with van der Waals surface area (Å²) in [7, 11) is 1.46. The highest BCUT2D eigenvalue weighted by Gasteiger charge is 2.37. The van der Waals surface area contributed by atoms with Gasteiger partial charge < -0.3 is 25.8 Å². The standard InChI is InChI=1S/C30H31N3O4/c1-17-10-6-8-12-22(17)32-29(35)26-19(3)31-20(4)27(30(36)33-23-13-9-7-11-18(23)2)28(26)21-14-15-24(34)25(16-21)37-5/h6-16,28,31,34H,1-5H3,(H,32,35)(H,33,36). The fraction of sp³-hybridized carbons (Fsp3) is 0.200. The fourth-order valence-electron chi connectivity index (χ4n) is 4.61. The van der Waals surface area contributed by atoms with Crippen LogP contribution in [-0.2, 0) is 9.59 Å². The van der Waals surface area contributed by atoms with Crippen molar-refractivity contribution in [2.24, 2.45) is 0 Å². The number of allylic oxidation sites excluding steroid dienone is 2. The fourth-order valence-corrected chi connectivity index (χ4v) is 4.61. The maximum Gasteiger partial charge on any atom is 0.254 e. The number of hydrogen-bond donors (Lipinski definition) is 4. The minimum absolute atomic E-state index is 0.0292. The highest BCUT2D eigenvalue weighted by molar-refractivity contribution is 6.12. The Balaban J connectivity index is 1.82. The van der Waals surface area contributed by atoms with Gasteiger partial charge in [-0.1, -0.05) is 42.5 Å². The number of aromatic hydroxyl groups is 1. The van der Waals surface area contributed by atoms with Crippen LogP contribution in [0.4, 0.5) is 11.4 Å². The Morgan fingerprint density at radius 1 is 0.784 bits per heavy atom. The van der Waals surface area contributed by atoms with Crippen molar-refractivity contribution >= 4 is 23.2 Å². The number of para-hydroxylation sites is 2. The maximum atomic E-state index is 13.8. The van der Waals surface area contributed by atoms with Crippen LogP contribution in [-0.4, -0.2) is 24.0 Å². The van der Waals surface area contributed by atoms with Gasteiger partial charge in [0.2, 0.25) is 0 Å². The van der Waals surface area contributed by atoms with Crippen LogP contribution in [0.1, 0.15) is 36.5 Å². The third kappa shape index (κ3) is 5.21. The molecule has 3 aromatic carbocycles. The van der Waals surface area contributed by atoms with E-state index in [1.54, 1.807) is 12.1 Å². The van der Waals surface area contributed by atoms with Gasteiger partial charge in [-0.3, -0.25) is 9.59 Å². The van der Waals surface area contributed by atoms with Crippen LogP contribution >= 0.6 is 0 Å². The lowest BCUT2D eigenvalue weighted by Gasteiger charge is -2.32. The van der Waals surface area contributed by atoms with Crippen molar-refractivity contribution in [2.75, 3.05) is 17.7 Å². The van der Waals surface area contributed by atoms with Gasteiger partial charge in [-0.2, -0.15) is 0 Å². The minimum atomic E-state index is -0.719. The predicted octanol–water partition coefficient (Wildman–Crippen LogP) is 5.53. The largest absolute Gasteiger partial charge is 0.504 e. The molecule has 1 aliphatic rings. The third-order valence-corrected chi connectivity index (χ3v) is 6.57. The number of carbonyl (C=O) groups is 2. The molecule has 0 bridgehead atoms. The molecule has 4 N–H and O–H groups in total. The number of phenolic OH excluding ortho intramolecular Hbond substituents is 1. The molecule has 0 saturated heterocycles. The molecule has 0 aromatic heterocycles. The number of nitrogens with one attached hydrogen (secondary N) is 3. The molecule has 0 aliphatic carbocycles. The zero-order chi connectivity index (χ0) is 26.7. The summed E-state index contributed by atoms with van der Waals surface area (Å²) in [5.41, 5.74) is 5.92. The van der Waals surface area contributed by atoms with Crippen LogP contribution in [0.25, 0.3) is 0 Å². The molecule has 190 valence electrons. The minimum Gasteiger partial charge on any atom is -0.504 e. The summed E-state index contributed by atoms with van der Waals surface area (Å²) in [4.78, 5) is 27.6. The van der Waals surface area contributed by atoms with Crippen molar-refractivity contribution < 1.29 is 19.4 Å². The Morgan fingerprint density at radius 3 is 1.73 bits per heavy atom. The number of carbonyl (C=O) groups excluding carboxylic acids is 2. The first-order chi connectivity index (χ1) is 17.7. The van der Waals surface area contributed by atoms with Gasteiger partial charge in [-0.05, 0) is 68.7 Å². The Hall–Kier alpha value is -4.52. The average Bonchev–Trinajstić information content (AvgIpc) is 2.86. The molecular weight excluding hydrogens is 466 g/mol. The van der Waals surface area contributed by atoms with Crippen LogP contribution in [0.2, 0.25) is 0 Å². The van der Waals surface area contributed by atoms with Gasteiger partial charge >= 0.3 is 0 Å². The van der Waals surface area contributed by atoms with Crippen LogP contribution in [0.15, 0.2) is 89.3 Å². The molecule has 7 nitrogen and oxygen atoms in total. The number of amides is 2. The van der Waals surface area contributed by atoms with E-state index in [4.69, 9.17) is 4.74 Å². The quantitative estimate of drug-likeness (QED) is 0.359. The number of dihydropyridines is 1. The molecule has 2 amide bonds. The highest BCUT2D eigenvalue weighted by Crippen LogP contribution is 2.42. The molecule has 0 atom stereocenters. The summed E-state index contributed by atoms with van der Waals surface area (Å²) >= 11 is 0. The van der Waals surface area contributed by atoms with E-state index in [-0.39, 0.29) is 23.3 Å². The number of ether oxygens (including phenoxy) is 1. The van der Waals surface area contributed by atoms with Crippen molar-refractivity contribution in [3.05, 3.63) is 106 Å². The van der Waals surface area contributed by atoms with Crippen LogP contribution in [0, 0.1) is 13.8 Å². The second-order valence-corrected chi connectivity index (χ2v) is 9.10. The van der Waals surface area contributed by atoms with E-state index in [2.05, 4.69) is 16.0 Å². The van der Waals surface area contributed by atoms with Gasteiger partial charge in [0.1, 0.15) is 0 Å². The van der Waals surface area contributed by atoms with E-state index in [9.17, 15) is 14.7 Å². The number of methoxy groups -OCH3 is 1. The molecule has 37 heavy (non-hydrogen) atoms. The normalized spacial score (nSPS) is 13.8. The first-order valence-electron chi connectivity index (χ1n) is 12.0. The molecular formula is C30H31N3O4. The van der Waals surface area contributed by atoms with E-state index in [0.717, 1.165) is 11.1 Å². The Labute approximate surface area is 216 Å². The summed E-state index contributed by atoms with van der Waals surface area (Å²) < 4.78 is 5.35. The molecule has 0 unspecified atom stereocenters. The van der Waals surface area contributed by atoms with Crippen molar-refractivity contribution in [1.29, 1.82) is 0 Å². The highest BCUT2D eigenvalue weighted by atomic mass is 16.5. The van der Waals surface area contributed by atoms with Gasteiger partial charge in [-0.25, -0.2) is 0 Å². The van der Waals surface area contributed by atoms with Gasteiger partial charge in [0.25, 0.3) is 11.8 Å². The summed E-state index contributed by atoms with van der Waals surface area (Å²) in [5, 5.41) is 19.5. The SMILES string of the molecule is COc1cc(C2C(C(=O)Nc3ccccc3C)=C(C)NC(C)=C2C(=O)Nc2ccccc2C)ccc1O. The van der Waals surface area contributed by atoms with E-state index >= 15 is 0 Å². The topological polar surface area (TPSA) is 99.7 Å². The Kier molecular flexibility index (Phi) is 7.34. The van der Waals surface area contributed by atoms with Gasteiger partial charge in [0.05, 0.1) is 7.11 Å². The summed E-state index contributed by atoms with van der Waals surface area (Å²) in [6.45, 7) is 7.47. The molecule has 1 heterocycles. The van der Waals surface area contributed by atoms with Gasteiger partial charge in [0, 0.05) is 39.8 Å². The molecule has 0 spiro atoms. The average molecular weight is 498 g/mol. The first-order valence-corrected chi connectivity index (χ1v) is 12.0. The van der Waals surface area contributed by atoms with Crippen LogP contribution in [0.3, 0.4) is 0 Å². The van der Waals surface area contributed by atoms with E-state index in [0.29, 0.717) is 39.5 Å². The van der Waals surface area contributed by atoms with E-state index in [1.165, 1.54) is 13.2 Å². The number of phenols is 1. The van der Waals surface area contributed by atoms with Crippen molar-refractivity contribution in [2.45, 2.75) is 33.6 Å². The van der Waals surface area contributed by atoms with Crippen molar-refractivity contribution in [3.63, 3.8) is 0 Å². The lowest BCUT2D eigenvalue weighted by molar-refractivity contribution is -0.113. The lowest BCUT2D eigenvalue weighted by Crippen LogP contribution is -2.35. The molecule has 0 saturated carbocycles. The Morgan fingerprint density at radius 2 is 1.27 bits per heavy atom. The lowest BCUT2D eigenvalue weighted by atomic mass is 9.79. The second kappa shape index (κ2) is 10.6.